The number of methoxy groups -OCH3 is 2. The number of rotatable bonds is 5. The molecule has 2 aromatic carbocycles. The van der Waals surface area contributed by atoms with Crippen molar-refractivity contribution in [3.8, 4) is 11.5 Å². The lowest BCUT2D eigenvalue weighted by molar-refractivity contribution is 0.262. The quantitative estimate of drug-likeness (QED) is 0.837. The molecule has 3 rings (SSSR count). The molecule has 1 fully saturated rings. The van der Waals surface area contributed by atoms with Crippen LogP contribution in [0, 0.1) is 0 Å². The molecule has 138 valence electrons. The fourth-order valence-electron chi connectivity index (χ4n) is 3.08. The normalized spacial score (nSPS) is 13.8. The molecule has 0 spiro atoms. The van der Waals surface area contributed by atoms with Crippen molar-refractivity contribution in [2.24, 2.45) is 0 Å². The molecule has 0 aromatic heterocycles. The number of carbonyl (C=O) groups is 1. The smallest absolute Gasteiger partial charge is 0.323 e. The van der Waals surface area contributed by atoms with Gasteiger partial charge in [-0.25, -0.2) is 4.79 Å². The van der Waals surface area contributed by atoms with Crippen LogP contribution >= 0.6 is 0 Å². The molecular formula is C20H25N3O3. The summed E-state index contributed by atoms with van der Waals surface area (Å²) >= 11 is 0. The van der Waals surface area contributed by atoms with Crippen LogP contribution in [0.2, 0.25) is 0 Å². The topological polar surface area (TPSA) is 62.8 Å². The van der Waals surface area contributed by atoms with Crippen molar-refractivity contribution in [3.05, 3.63) is 42.5 Å². The highest BCUT2D eigenvalue weighted by atomic mass is 16.5. The molecule has 2 amide bonds. The first-order valence-electron chi connectivity index (χ1n) is 8.84. The van der Waals surface area contributed by atoms with Gasteiger partial charge in [0.1, 0.15) is 11.5 Å². The standard InChI is InChI=1S/C20H25N3O3/c1-25-18-12-16(13-19(14-18)26-2)22-20(24)21-15-6-8-17(9-7-15)23-10-4-3-5-11-23/h6-9,12-14H,3-5,10-11H2,1-2H3,(H2,21,22,24). The third kappa shape index (κ3) is 4.59. The van der Waals surface area contributed by atoms with Crippen LogP contribution in [0.5, 0.6) is 11.5 Å². The Bertz CT molecular complexity index is 718. The fraction of sp³-hybridized carbons (Fsp3) is 0.350. The van der Waals surface area contributed by atoms with E-state index in [1.165, 1.54) is 24.9 Å². The van der Waals surface area contributed by atoms with Gasteiger partial charge in [-0.05, 0) is 43.5 Å². The van der Waals surface area contributed by atoms with Crippen molar-refractivity contribution >= 4 is 23.1 Å². The van der Waals surface area contributed by atoms with E-state index in [4.69, 9.17) is 9.47 Å². The van der Waals surface area contributed by atoms with Crippen LogP contribution in [0.4, 0.5) is 21.9 Å². The van der Waals surface area contributed by atoms with Crippen LogP contribution in [0.3, 0.4) is 0 Å². The number of hydrogen-bond acceptors (Lipinski definition) is 4. The lowest BCUT2D eigenvalue weighted by Gasteiger charge is -2.28. The molecular weight excluding hydrogens is 330 g/mol. The Kier molecular flexibility index (Phi) is 5.84. The van der Waals surface area contributed by atoms with Gasteiger partial charge in [-0.15, -0.1) is 0 Å². The summed E-state index contributed by atoms with van der Waals surface area (Å²) in [5, 5.41) is 5.64. The largest absolute Gasteiger partial charge is 0.497 e. The Morgan fingerprint density at radius 1 is 0.846 bits per heavy atom. The lowest BCUT2D eigenvalue weighted by Crippen LogP contribution is -2.29. The van der Waals surface area contributed by atoms with Gasteiger partial charge in [0.15, 0.2) is 0 Å². The maximum Gasteiger partial charge on any atom is 0.323 e. The monoisotopic (exact) mass is 355 g/mol. The number of ether oxygens (including phenoxy) is 2. The fourth-order valence-corrected chi connectivity index (χ4v) is 3.08. The van der Waals surface area contributed by atoms with E-state index in [-0.39, 0.29) is 6.03 Å². The first kappa shape index (κ1) is 17.9. The maximum absolute atomic E-state index is 12.3. The molecule has 2 aromatic rings. The number of piperidine rings is 1. The van der Waals surface area contributed by atoms with E-state index < -0.39 is 0 Å². The maximum atomic E-state index is 12.3. The zero-order valence-electron chi connectivity index (χ0n) is 15.2. The van der Waals surface area contributed by atoms with Crippen LogP contribution in [0.1, 0.15) is 19.3 Å². The Labute approximate surface area is 154 Å². The van der Waals surface area contributed by atoms with E-state index >= 15 is 0 Å². The highest BCUT2D eigenvalue weighted by Crippen LogP contribution is 2.26. The van der Waals surface area contributed by atoms with Gasteiger partial charge in [0, 0.05) is 48.4 Å². The number of amides is 2. The van der Waals surface area contributed by atoms with Crippen LogP contribution in [0.15, 0.2) is 42.5 Å². The number of urea groups is 1. The van der Waals surface area contributed by atoms with Crippen molar-refractivity contribution in [2.75, 3.05) is 42.8 Å². The summed E-state index contributed by atoms with van der Waals surface area (Å²) in [6.07, 6.45) is 3.80. The Balaban J connectivity index is 1.61. The average molecular weight is 355 g/mol. The average Bonchev–Trinajstić information content (AvgIpc) is 2.68. The predicted octanol–water partition coefficient (Wildman–Crippen LogP) is 4.34. The lowest BCUT2D eigenvalue weighted by atomic mass is 10.1. The van der Waals surface area contributed by atoms with Crippen LogP contribution < -0.4 is 25.0 Å². The molecule has 6 heteroatoms. The molecule has 0 atom stereocenters. The molecule has 1 aliphatic heterocycles. The van der Waals surface area contributed by atoms with E-state index in [1.807, 2.05) is 12.1 Å². The molecule has 0 saturated carbocycles. The van der Waals surface area contributed by atoms with E-state index in [1.54, 1.807) is 32.4 Å². The Morgan fingerprint density at radius 2 is 1.42 bits per heavy atom. The highest BCUT2D eigenvalue weighted by Gasteiger charge is 2.11. The zero-order chi connectivity index (χ0) is 18.4. The molecule has 26 heavy (non-hydrogen) atoms. The Hall–Kier alpha value is -2.89. The van der Waals surface area contributed by atoms with Crippen molar-refractivity contribution in [3.63, 3.8) is 0 Å². The first-order valence-corrected chi connectivity index (χ1v) is 8.84. The van der Waals surface area contributed by atoms with Gasteiger partial charge >= 0.3 is 6.03 Å². The van der Waals surface area contributed by atoms with E-state index in [0.29, 0.717) is 17.2 Å². The summed E-state index contributed by atoms with van der Waals surface area (Å²) in [6.45, 7) is 2.20. The van der Waals surface area contributed by atoms with Crippen molar-refractivity contribution in [1.82, 2.24) is 0 Å². The van der Waals surface area contributed by atoms with Gasteiger partial charge < -0.3 is 25.0 Å². The van der Waals surface area contributed by atoms with Gasteiger partial charge in [0.25, 0.3) is 0 Å². The summed E-state index contributed by atoms with van der Waals surface area (Å²) in [6, 6.07) is 12.9. The minimum absolute atomic E-state index is 0.314. The van der Waals surface area contributed by atoms with Crippen molar-refractivity contribution in [2.45, 2.75) is 19.3 Å². The summed E-state index contributed by atoms with van der Waals surface area (Å²) in [5.41, 5.74) is 2.55. The molecule has 0 aliphatic carbocycles. The second kappa shape index (κ2) is 8.47. The summed E-state index contributed by atoms with van der Waals surface area (Å²) in [7, 11) is 3.14. The second-order valence-corrected chi connectivity index (χ2v) is 6.28. The third-order valence-corrected chi connectivity index (χ3v) is 4.46. The van der Waals surface area contributed by atoms with Gasteiger partial charge in [-0.3, -0.25) is 0 Å². The molecule has 0 radical (unpaired) electrons. The van der Waals surface area contributed by atoms with Crippen LogP contribution in [-0.2, 0) is 0 Å². The molecule has 0 bridgehead atoms. The van der Waals surface area contributed by atoms with Crippen molar-refractivity contribution < 1.29 is 14.3 Å². The number of nitrogens with zero attached hydrogens (tertiary/aromatic N) is 1. The Morgan fingerprint density at radius 3 is 2.00 bits per heavy atom. The molecule has 2 N–H and O–H groups in total. The third-order valence-electron chi connectivity index (χ3n) is 4.46. The predicted molar refractivity (Wildman–Crippen MR) is 105 cm³/mol. The number of carbonyl (C=O) groups excluding carboxylic acids is 1. The zero-order valence-corrected chi connectivity index (χ0v) is 15.2. The summed E-state index contributed by atoms with van der Waals surface area (Å²) < 4.78 is 10.4. The van der Waals surface area contributed by atoms with Gasteiger partial charge in [-0.1, -0.05) is 0 Å². The van der Waals surface area contributed by atoms with Crippen LogP contribution in [0.25, 0.3) is 0 Å². The highest BCUT2D eigenvalue weighted by molar-refractivity contribution is 6.00. The van der Waals surface area contributed by atoms with Gasteiger partial charge in [0.2, 0.25) is 0 Å². The minimum Gasteiger partial charge on any atom is -0.497 e. The second-order valence-electron chi connectivity index (χ2n) is 6.28. The number of hydrogen-bond donors (Lipinski definition) is 2. The minimum atomic E-state index is -0.314. The van der Waals surface area contributed by atoms with Gasteiger partial charge in [0.05, 0.1) is 14.2 Å². The number of anilines is 3. The molecule has 0 unspecified atom stereocenters. The first-order chi connectivity index (χ1) is 12.7. The molecule has 6 nitrogen and oxygen atoms in total. The number of benzene rings is 2. The van der Waals surface area contributed by atoms with E-state index in [0.717, 1.165) is 18.8 Å². The molecule has 1 aliphatic rings. The SMILES string of the molecule is COc1cc(NC(=O)Nc2ccc(N3CCCCC3)cc2)cc(OC)c1. The van der Waals surface area contributed by atoms with Gasteiger partial charge in [-0.2, -0.15) is 0 Å². The van der Waals surface area contributed by atoms with E-state index in [9.17, 15) is 4.79 Å². The van der Waals surface area contributed by atoms with Crippen molar-refractivity contribution in [1.29, 1.82) is 0 Å². The number of nitrogens with one attached hydrogen (secondary N) is 2. The van der Waals surface area contributed by atoms with Crippen LogP contribution in [-0.4, -0.2) is 33.3 Å². The molecule has 1 heterocycles. The molecule has 1 saturated heterocycles. The summed E-state index contributed by atoms with van der Waals surface area (Å²) in [4.78, 5) is 14.6. The van der Waals surface area contributed by atoms with E-state index in [2.05, 4.69) is 27.7 Å². The summed E-state index contributed by atoms with van der Waals surface area (Å²) in [5.74, 6) is 1.23.